The molecule has 1 aromatic rings. The standard InChI is InChI=1S/C14H21N3O2S/c1-11-12(14(18)19-2)3-4-13(16-11)15-5-6-17-7-9-20-10-8-17/h3-4H,5-10H2,1-2H3,(H,15,16). The third-order valence-corrected chi connectivity index (χ3v) is 4.27. The zero-order valence-corrected chi connectivity index (χ0v) is 12.8. The van der Waals surface area contributed by atoms with Crippen molar-refractivity contribution in [3.63, 3.8) is 0 Å². The highest BCUT2D eigenvalue weighted by molar-refractivity contribution is 7.99. The summed E-state index contributed by atoms with van der Waals surface area (Å²) in [7, 11) is 1.38. The Bertz CT molecular complexity index is 462. The summed E-state index contributed by atoms with van der Waals surface area (Å²) in [6.07, 6.45) is 0. The topological polar surface area (TPSA) is 54.5 Å². The van der Waals surface area contributed by atoms with Gasteiger partial charge in [0.15, 0.2) is 0 Å². The van der Waals surface area contributed by atoms with Crippen molar-refractivity contribution in [2.75, 3.05) is 50.1 Å². The highest BCUT2D eigenvalue weighted by atomic mass is 32.2. The molecule has 0 atom stereocenters. The maximum absolute atomic E-state index is 11.5. The summed E-state index contributed by atoms with van der Waals surface area (Å²) in [6.45, 7) is 6.05. The molecule has 6 heteroatoms. The van der Waals surface area contributed by atoms with E-state index in [-0.39, 0.29) is 5.97 Å². The summed E-state index contributed by atoms with van der Waals surface area (Å²) in [5.41, 5.74) is 1.21. The Morgan fingerprint density at radius 1 is 1.45 bits per heavy atom. The predicted octanol–water partition coefficient (Wildman–Crippen LogP) is 1.64. The molecule has 1 saturated heterocycles. The Hall–Kier alpha value is -1.27. The van der Waals surface area contributed by atoms with Gasteiger partial charge in [0.2, 0.25) is 0 Å². The molecule has 1 aliphatic rings. The van der Waals surface area contributed by atoms with Crippen molar-refractivity contribution < 1.29 is 9.53 Å². The van der Waals surface area contributed by atoms with Gasteiger partial charge in [0.1, 0.15) is 5.82 Å². The number of aromatic nitrogens is 1. The first-order chi connectivity index (χ1) is 9.70. The van der Waals surface area contributed by atoms with Crippen LogP contribution in [0.2, 0.25) is 0 Å². The van der Waals surface area contributed by atoms with Gasteiger partial charge in [-0.3, -0.25) is 4.90 Å². The van der Waals surface area contributed by atoms with Gasteiger partial charge in [0, 0.05) is 37.7 Å². The fraction of sp³-hybridized carbons (Fsp3) is 0.571. The summed E-state index contributed by atoms with van der Waals surface area (Å²) in [6, 6.07) is 3.58. The van der Waals surface area contributed by atoms with Crippen molar-refractivity contribution in [1.29, 1.82) is 0 Å². The van der Waals surface area contributed by atoms with Crippen molar-refractivity contribution in [3.05, 3.63) is 23.4 Å². The van der Waals surface area contributed by atoms with Gasteiger partial charge in [-0.1, -0.05) is 0 Å². The number of esters is 1. The second-order valence-corrected chi connectivity index (χ2v) is 5.93. The van der Waals surface area contributed by atoms with Gasteiger partial charge in [-0.2, -0.15) is 11.8 Å². The lowest BCUT2D eigenvalue weighted by Gasteiger charge is -2.26. The molecule has 0 spiro atoms. The number of carbonyl (C=O) groups excluding carboxylic acids is 1. The average molecular weight is 295 g/mol. The van der Waals surface area contributed by atoms with E-state index in [0.717, 1.165) is 18.9 Å². The molecule has 0 saturated carbocycles. The highest BCUT2D eigenvalue weighted by Gasteiger charge is 2.11. The molecule has 0 amide bonds. The van der Waals surface area contributed by atoms with Crippen LogP contribution in [0.5, 0.6) is 0 Å². The molecular weight excluding hydrogens is 274 g/mol. The SMILES string of the molecule is COC(=O)c1ccc(NCCN2CCSCC2)nc1C. The van der Waals surface area contributed by atoms with Crippen LogP contribution in [-0.2, 0) is 4.74 Å². The fourth-order valence-corrected chi connectivity index (χ4v) is 3.13. The molecular formula is C14H21N3O2S. The zero-order chi connectivity index (χ0) is 14.4. The van der Waals surface area contributed by atoms with Crippen molar-refractivity contribution in [1.82, 2.24) is 9.88 Å². The lowest BCUT2D eigenvalue weighted by molar-refractivity contribution is 0.0599. The molecule has 0 bridgehead atoms. The minimum Gasteiger partial charge on any atom is -0.465 e. The average Bonchev–Trinajstić information content (AvgIpc) is 2.48. The lowest BCUT2D eigenvalue weighted by atomic mass is 10.2. The molecule has 0 radical (unpaired) electrons. The van der Waals surface area contributed by atoms with Crippen molar-refractivity contribution >= 4 is 23.5 Å². The van der Waals surface area contributed by atoms with Gasteiger partial charge in [0.25, 0.3) is 0 Å². The number of aryl methyl sites for hydroxylation is 1. The third-order valence-electron chi connectivity index (χ3n) is 3.33. The van der Waals surface area contributed by atoms with Crippen LogP contribution >= 0.6 is 11.8 Å². The number of ether oxygens (including phenoxy) is 1. The summed E-state index contributed by atoms with van der Waals surface area (Å²) in [5, 5.41) is 3.31. The van der Waals surface area contributed by atoms with Crippen LogP contribution in [0.3, 0.4) is 0 Å². The number of thioether (sulfide) groups is 1. The smallest absolute Gasteiger partial charge is 0.339 e. The molecule has 2 rings (SSSR count). The van der Waals surface area contributed by atoms with E-state index in [4.69, 9.17) is 4.74 Å². The van der Waals surface area contributed by atoms with Gasteiger partial charge in [-0.15, -0.1) is 0 Å². The number of hydrogen-bond donors (Lipinski definition) is 1. The van der Waals surface area contributed by atoms with E-state index >= 15 is 0 Å². The van der Waals surface area contributed by atoms with Gasteiger partial charge in [-0.05, 0) is 19.1 Å². The Labute approximate surface area is 124 Å². The Balaban J connectivity index is 1.84. The van der Waals surface area contributed by atoms with E-state index in [1.54, 1.807) is 6.07 Å². The number of nitrogens with one attached hydrogen (secondary N) is 1. The zero-order valence-electron chi connectivity index (χ0n) is 12.0. The Morgan fingerprint density at radius 3 is 2.85 bits per heavy atom. The molecule has 110 valence electrons. The first kappa shape index (κ1) is 15.1. The number of methoxy groups -OCH3 is 1. The number of carbonyl (C=O) groups is 1. The van der Waals surface area contributed by atoms with E-state index in [2.05, 4.69) is 15.2 Å². The summed E-state index contributed by atoms with van der Waals surface area (Å²) >= 11 is 2.02. The summed E-state index contributed by atoms with van der Waals surface area (Å²) in [4.78, 5) is 18.3. The number of hydrogen-bond acceptors (Lipinski definition) is 6. The van der Waals surface area contributed by atoms with Crippen LogP contribution < -0.4 is 5.32 Å². The predicted molar refractivity (Wildman–Crippen MR) is 82.6 cm³/mol. The molecule has 20 heavy (non-hydrogen) atoms. The molecule has 1 fully saturated rings. The normalized spacial score (nSPS) is 15.9. The highest BCUT2D eigenvalue weighted by Crippen LogP contribution is 2.12. The van der Waals surface area contributed by atoms with E-state index in [1.807, 2.05) is 24.8 Å². The van der Waals surface area contributed by atoms with Gasteiger partial charge < -0.3 is 10.1 Å². The Kier molecular flexibility index (Phi) is 5.67. The van der Waals surface area contributed by atoms with Crippen LogP contribution in [-0.4, -0.2) is 60.6 Å². The maximum Gasteiger partial charge on any atom is 0.339 e. The van der Waals surface area contributed by atoms with E-state index in [1.165, 1.54) is 31.7 Å². The fourth-order valence-electron chi connectivity index (χ4n) is 2.15. The summed E-state index contributed by atoms with van der Waals surface area (Å²) in [5.74, 6) is 2.92. The van der Waals surface area contributed by atoms with Crippen LogP contribution in [0.15, 0.2) is 12.1 Å². The number of nitrogens with zero attached hydrogens (tertiary/aromatic N) is 2. The lowest BCUT2D eigenvalue weighted by Crippen LogP contribution is -2.36. The molecule has 0 unspecified atom stereocenters. The van der Waals surface area contributed by atoms with Gasteiger partial charge in [0.05, 0.1) is 18.4 Å². The number of rotatable bonds is 5. The number of pyridine rings is 1. The third kappa shape index (κ3) is 4.11. The van der Waals surface area contributed by atoms with Crippen LogP contribution in [0.25, 0.3) is 0 Å². The van der Waals surface area contributed by atoms with E-state index in [9.17, 15) is 4.79 Å². The van der Waals surface area contributed by atoms with E-state index in [0.29, 0.717) is 11.3 Å². The minimum atomic E-state index is -0.340. The van der Waals surface area contributed by atoms with Crippen molar-refractivity contribution in [2.45, 2.75) is 6.92 Å². The van der Waals surface area contributed by atoms with Gasteiger partial charge in [-0.25, -0.2) is 9.78 Å². The molecule has 0 aliphatic carbocycles. The van der Waals surface area contributed by atoms with Crippen molar-refractivity contribution in [3.8, 4) is 0 Å². The monoisotopic (exact) mass is 295 g/mol. The first-order valence-corrected chi connectivity index (χ1v) is 7.96. The molecule has 1 aromatic heterocycles. The quantitative estimate of drug-likeness (QED) is 0.834. The molecule has 0 aromatic carbocycles. The van der Waals surface area contributed by atoms with Crippen LogP contribution in [0.1, 0.15) is 16.1 Å². The summed E-state index contributed by atoms with van der Waals surface area (Å²) < 4.78 is 4.71. The second kappa shape index (κ2) is 7.50. The Morgan fingerprint density at radius 2 is 2.20 bits per heavy atom. The molecule has 1 aliphatic heterocycles. The number of anilines is 1. The van der Waals surface area contributed by atoms with Crippen molar-refractivity contribution in [2.24, 2.45) is 0 Å². The minimum absolute atomic E-state index is 0.340. The maximum atomic E-state index is 11.5. The van der Waals surface area contributed by atoms with Crippen LogP contribution in [0, 0.1) is 6.92 Å². The van der Waals surface area contributed by atoms with E-state index < -0.39 is 0 Å². The second-order valence-electron chi connectivity index (χ2n) is 4.70. The van der Waals surface area contributed by atoms with Gasteiger partial charge >= 0.3 is 5.97 Å². The van der Waals surface area contributed by atoms with Crippen LogP contribution in [0.4, 0.5) is 5.82 Å². The molecule has 2 heterocycles. The largest absolute Gasteiger partial charge is 0.465 e. The molecule has 5 nitrogen and oxygen atoms in total. The first-order valence-electron chi connectivity index (χ1n) is 6.80. The molecule has 1 N–H and O–H groups in total.